The molecule has 0 unspecified atom stereocenters. The highest BCUT2D eigenvalue weighted by Crippen LogP contribution is 2.31. The number of fused-ring (bicyclic) bond motifs is 1. The average molecular weight is 299 g/mol. The second kappa shape index (κ2) is 5.62. The minimum Gasteiger partial charge on any atom is -0.488 e. The van der Waals surface area contributed by atoms with Crippen LogP contribution >= 0.6 is 11.6 Å². The molecule has 0 aliphatic rings. The average Bonchev–Trinajstić information content (AvgIpc) is 2.48. The lowest BCUT2D eigenvalue weighted by molar-refractivity contribution is 0.310. The van der Waals surface area contributed by atoms with Crippen molar-refractivity contribution in [2.75, 3.05) is 5.73 Å². The summed E-state index contributed by atoms with van der Waals surface area (Å²) < 4.78 is 5.93. The third-order valence-electron chi connectivity index (χ3n) is 3.37. The highest BCUT2D eigenvalue weighted by atomic mass is 35.5. The van der Waals surface area contributed by atoms with Gasteiger partial charge in [-0.05, 0) is 31.2 Å². The Labute approximate surface area is 128 Å². The Morgan fingerprint density at radius 3 is 2.76 bits per heavy atom. The molecule has 0 radical (unpaired) electrons. The van der Waals surface area contributed by atoms with Crippen LogP contribution in [0.25, 0.3) is 10.8 Å². The molecule has 1 aromatic heterocycles. The van der Waals surface area contributed by atoms with E-state index in [0.29, 0.717) is 17.3 Å². The van der Waals surface area contributed by atoms with E-state index in [4.69, 9.17) is 22.1 Å². The van der Waals surface area contributed by atoms with Crippen LogP contribution in [0.2, 0.25) is 5.02 Å². The van der Waals surface area contributed by atoms with Gasteiger partial charge < -0.3 is 10.5 Å². The van der Waals surface area contributed by atoms with Crippen molar-refractivity contribution >= 4 is 28.1 Å². The van der Waals surface area contributed by atoms with E-state index in [1.807, 2.05) is 49.4 Å². The van der Waals surface area contributed by atoms with Crippen LogP contribution in [0.3, 0.4) is 0 Å². The van der Waals surface area contributed by atoms with Crippen LogP contribution in [0.1, 0.15) is 11.3 Å². The second-order valence-corrected chi connectivity index (χ2v) is 5.31. The largest absolute Gasteiger partial charge is 0.488 e. The van der Waals surface area contributed by atoms with Gasteiger partial charge in [-0.3, -0.25) is 4.98 Å². The summed E-state index contributed by atoms with van der Waals surface area (Å²) in [6.45, 7) is 2.36. The third kappa shape index (κ3) is 2.78. The first-order valence-corrected chi connectivity index (χ1v) is 7.04. The van der Waals surface area contributed by atoms with Crippen molar-refractivity contribution < 1.29 is 4.74 Å². The molecule has 0 aliphatic carbocycles. The standard InChI is InChI=1S/C17H15ClN2O/c1-11-8-13-14(9-20-11)16(19)6-7-17(13)21-10-12-4-2-3-5-15(12)18/h2-9H,10,19H2,1H3. The van der Waals surface area contributed by atoms with Gasteiger partial charge in [0.05, 0.1) is 0 Å². The Balaban J connectivity index is 1.96. The molecule has 3 rings (SSSR count). The quantitative estimate of drug-likeness (QED) is 0.731. The number of hydrogen-bond acceptors (Lipinski definition) is 3. The summed E-state index contributed by atoms with van der Waals surface area (Å²) >= 11 is 6.15. The number of pyridine rings is 1. The van der Waals surface area contributed by atoms with E-state index in [1.165, 1.54) is 0 Å². The predicted octanol–water partition coefficient (Wildman–Crippen LogP) is 4.36. The highest BCUT2D eigenvalue weighted by molar-refractivity contribution is 6.31. The molecule has 106 valence electrons. The fraction of sp³-hybridized carbons (Fsp3) is 0.118. The van der Waals surface area contributed by atoms with Crippen molar-refractivity contribution in [2.24, 2.45) is 0 Å². The number of rotatable bonds is 3. The van der Waals surface area contributed by atoms with Gasteiger partial charge in [-0.15, -0.1) is 0 Å². The molecular formula is C17H15ClN2O. The lowest BCUT2D eigenvalue weighted by atomic mass is 10.1. The highest BCUT2D eigenvalue weighted by Gasteiger charge is 2.07. The molecular weight excluding hydrogens is 284 g/mol. The minimum atomic E-state index is 0.417. The van der Waals surface area contributed by atoms with Crippen molar-refractivity contribution in [1.29, 1.82) is 0 Å². The zero-order valence-corrected chi connectivity index (χ0v) is 12.4. The molecule has 0 amide bonds. The lowest BCUT2D eigenvalue weighted by Crippen LogP contribution is -1.98. The van der Waals surface area contributed by atoms with Gasteiger partial charge in [0.25, 0.3) is 0 Å². The molecule has 1 heterocycles. The minimum absolute atomic E-state index is 0.417. The van der Waals surface area contributed by atoms with Gasteiger partial charge in [0, 0.05) is 38.9 Å². The van der Waals surface area contributed by atoms with Gasteiger partial charge in [0.1, 0.15) is 12.4 Å². The van der Waals surface area contributed by atoms with Crippen LogP contribution in [-0.2, 0) is 6.61 Å². The van der Waals surface area contributed by atoms with E-state index in [-0.39, 0.29) is 0 Å². The summed E-state index contributed by atoms with van der Waals surface area (Å²) in [7, 11) is 0. The smallest absolute Gasteiger partial charge is 0.127 e. The molecule has 0 spiro atoms. The summed E-state index contributed by atoms with van der Waals surface area (Å²) in [4.78, 5) is 4.28. The summed E-state index contributed by atoms with van der Waals surface area (Å²) in [6.07, 6.45) is 1.78. The molecule has 0 saturated carbocycles. The molecule has 0 atom stereocenters. The summed E-state index contributed by atoms with van der Waals surface area (Å²) in [5, 5.41) is 2.57. The van der Waals surface area contributed by atoms with E-state index < -0.39 is 0 Å². The van der Waals surface area contributed by atoms with Crippen molar-refractivity contribution in [3.8, 4) is 5.75 Å². The molecule has 3 aromatic rings. The van der Waals surface area contributed by atoms with Crippen LogP contribution in [-0.4, -0.2) is 4.98 Å². The number of aryl methyl sites for hydroxylation is 1. The van der Waals surface area contributed by atoms with Crippen LogP contribution in [0.15, 0.2) is 48.7 Å². The molecule has 4 heteroatoms. The van der Waals surface area contributed by atoms with E-state index in [2.05, 4.69) is 4.98 Å². The predicted molar refractivity (Wildman–Crippen MR) is 86.7 cm³/mol. The molecule has 21 heavy (non-hydrogen) atoms. The monoisotopic (exact) mass is 298 g/mol. The van der Waals surface area contributed by atoms with Crippen LogP contribution < -0.4 is 10.5 Å². The number of aromatic nitrogens is 1. The molecule has 0 aliphatic heterocycles. The molecule has 3 nitrogen and oxygen atoms in total. The maximum atomic E-state index is 6.15. The number of nitrogens with two attached hydrogens (primary N) is 1. The second-order valence-electron chi connectivity index (χ2n) is 4.90. The maximum Gasteiger partial charge on any atom is 0.127 e. The Morgan fingerprint density at radius 1 is 1.14 bits per heavy atom. The summed E-state index contributed by atoms with van der Waals surface area (Å²) in [6, 6.07) is 13.4. The molecule has 2 N–H and O–H groups in total. The first kappa shape index (κ1) is 13.7. The fourth-order valence-corrected chi connectivity index (χ4v) is 2.43. The number of halogens is 1. The number of ether oxygens (including phenoxy) is 1. The maximum absolute atomic E-state index is 6.15. The van der Waals surface area contributed by atoms with Crippen molar-refractivity contribution in [3.63, 3.8) is 0 Å². The zero-order chi connectivity index (χ0) is 14.8. The number of anilines is 1. The van der Waals surface area contributed by atoms with E-state index in [9.17, 15) is 0 Å². The number of hydrogen-bond donors (Lipinski definition) is 1. The molecule has 2 aromatic carbocycles. The topological polar surface area (TPSA) is 48.1 Å². The Morgan fingerprint density at radius 2 is 1.95 bits per heavy atom. The van der Waals surface area contributed by atoms with Crippen molar-refractivity contribution in [1.82, 2.24) is 4.98 Å². The van der Waals surface area contributed by atoms with Crippen molar-refractivity contribution in [3.05, 3.63) is 64.9 Å². The van der Waals surface area contributed by atoms with Gasteiger partial charge in [0.2, 0.25) is 0 Å². The van der Waals surface area contributed by atoms with Crippen LogP contribution in [0, 0.1) is 6.92 Å². The number of nitrogens with zero attached hydrogens (tertiary/aromatic N) is 1. The summed E-state index contributed by atoms with van der Waals surface area (Å²) in [5.41, 5.74) is 8.57. The van der Waals surface area contributed by atoms with Crippen molar-refractivity contribution in [2.45, 2.75) is 13.5 Å². The Kier molecular flexibility index (Phi) is 3.67. The van der Waals surface area contributed by atoms with Gasteiger partial charge >= 0.3 is 0 Å². The zero-order valence-electron chi connectivity index (χ0n) is 11.6. The normalized spacial score (nSPS) is 10.8. The fourth-order valence-electron chi connectivity index (χ4n) is 2.24. The SMILES string of the molecule is Cc1cc2c(OCc3ccccc3Cl)ccc(N)c2cn1. The van der Waals surface area contributed by atoms with Crippen LogP contribution in [0.5, 0.6) is 5.75 Å². The Hall–Kier alpha value is -2.26. The van der Waals surface area contributed by atoms with E-state index >= 15 is 0 Å². The number of benzene rings is 2. The number of nitrogen functional groups attached to an aromatic ring is 1. The first-order chi connectivity index (χ1) is 10.1. The van der Waals surface area contributed by atoms with Gasteiger partial charge in [-0.25, -0.2) is 0 Å². The Bertz CT molecular complexity index is 802. The lowest BCUT2D eigenvalue weighted by Gasteiger charge is -2.12. The van der Waals surface area contributed by atoms with Gasteiger partial charge in [0.15, 0.2) is 0 Å². The molecule has 0 saturated heterocycles. The third-order valence-corrected chi connectivity index (χ3v) is 3.74. The molecule has 0 bridgehead atoms. The summed E-state index contributed by atoms with van der Waals surface area (Å²) in [5.74, 6) is 0.782. The first-order valence-electron chi connectivity index (χ1n) is 6.66. The van der Waals surface area contributed by atoms with Gasteiger partial charge in [-0.1, -0.05) is 29.8 Å². The van der Waals surface area contributed by atoms with E-state index in [0.717, 1.165) is 27.8 Å². The van der Waals surface area contributed by atoms with Gasteiger partial charge in [-0.2, -0.15) is 0 Å². The van der Waals surface area contributed by atoms with Crippen LogP contribution in [0.4, 0.5) is 5.69 Å². The van der Waals surface area contributed by atoms with E-state index in [1.54, 1.807) is 6.20 Å². The molecule has 0 fully saturated rings.